The average Bonchev–Trinajstić information content (AvgIpc) is 2.72. The van der Waals surface area contributed by atoms with Crippen molar-refractivity contribution in [1.82, 2.24) is 9.80 Å². The van der Waals surface area contributed by atoms with Crippen LogP contribution in [-0.4, -0.2) is 60.9 Å². The summed E-state index contributed by atoms with van der Waals surface area (Å²) in [6, 6.07) is 10.3. The predicted octanol–water partition coefficient (Wildman–Crippen LogP) is 3.07. The van der Waals surface area contributed by atoms with E-state index in [1.165, 1.54) is 24.1 Å². The molecule has 0 N–H and O–H groups in total. The highest BCUT2D eigenvalue weighted by Crippen LogP contribution is 2.20. The van der Waals surface area contributed by atoms with Gasteiger partial charge in [-0.3, -0.25) is 9.59 Å². The van der Waals surface area contributed by atoms with Gasteiger partial charge in [-0.25, -0.2) is 0 Å². The second-order valence-electron chi connectivity index (χ2n) is 7.50. The van der Waals surface area contributed by atoms with Crippen molar-refractivity contribution in [2.45, 2.75) is 39.0 Å². The lowest BCUT2D eigenvalue weighted by atomic mass is 9.97. The predicted molar refractivity (Wildman–Crippen MR) is 109 cm³/mol. The van der Waals surface area contributed by atoms with Crippen LogP contribution in [0.2, 0.25) is 0 Å². The minimum absolute atomic E-state index is 0.0114. The largest absolute Gasteiger partial charge is 0.368 e. The van der Waals surface area contributed by atoms with Gasteiger partial charge in [-0.1, -0.05) is 29.8 Å². The van der Waals surface area contributed by atoms with Gasteiger partial charge in [0.15, 0.2) is 0 Å². The molecule has 1 aromatic rings. The summed E-state index contributed by atoms with van der Waals surface area (Å²) in [5.41, 5.74) is 2.65. The summed E-state index contributed by atoms with van der Waals surface area (Å²) in [5, 5.41) is 0. The van der Waals surface area contributed by atoms with Gasteiger partial charge >= 0.3 is 0 Å². The van der Waals surface area contributed by atoms with Crippen LogP contribution >= 0.6 is 0 Å². The van der Waals surface area contributed by atoms with E-state index in [2.05, 4.69) is 23.1 Å². The molecule has 2 amide bonds. The average molecular weight is 370 g/mol. The summed E-state index contributed by atoms with van der Waals surface area (Å²) in [5.74, 6) is 0.0539. The summed E-state index contributed by atoms with van der Waals surface area (Å²) in [6.07, 6.45) is 8.02. The zero-order valence-corrected chi connectivity index (χ0v) is 16.4. The van der Waals surface area contributed by atoms with Crippen molar-refractivity contribution in [2.75, 3.05) is 44.2 Å². The lowest BCUT2D eigenvalue weighted by molar-refractivity contribution is -0.139. The van der Waals surface area contributed by atoms with E-state index in [0.29, 0.717) is 19.6 Å². The number of piperazine rings is 1. The molecule has 2 aliphatic rings. The van der Waals surface area contributed by atoms with Gasteiger partial charge in [-0.05, 0) is 44.2 Å². The minimum atomic E-state index is -0.0114. The molecule has 5 nitrogen and oxygen atoms in total. The fourth-order valence-corrected chi connectivity index (χ4v) is 3.87. The molecule has 0 unspecified atom stereocenters. The summed E-state index contributed by atoms with van der Waals surface area (Å²) in [7, 11) is 0. The van der Waals surface area contributed by atoms with E-state index in [1.54, 1.807) is 11.8 Å². The zero-order chi connectivity index (χ0) is 19.1. The Morgan fingerprint density at radius 3 is 2.41 bits per heavy atom. The Balaban J connectivity index is 1.47. The van der Waals surface area contributed by atoms with Crippen LogP contribution < -0.4 is 4.90 Å². The number of allylic oxidation sites excluding steroid dienone is 1. The standard InChI is InChI=1S/C22H31N3O2/c1-19(26)25(13-12-20-8-4-2-5-9-20)18-22(27)24-16-14-23(15-17-24)21-10-6-3-7-11-21/h3,6-8,10-11H,2,4-5,9,12-18H2,1H3. The van der Waals surface area contributed by atoms with E-state index < -0.39 is 0 Å². The Bertz CT molecular complexity index is 663. The topological polar surface area (TPSA) is 43.9 Å². The lowest BCUT2D eigenvalue weighted by Gasteiger charge is -2.37. The highest BCUT2D eigenvalue weighted by Gasteiger charge is 2.23. The summed E-state index contributed by atoms with van der Waals surface area (Å²) in [6.45, 7) is 5.52. The second kappa shape index (κ2) is 9.58. The van der Waals surface area contributed by atoms with Gasteiger partial charge in [0.1, 0.15) is 0 Å². The van der Waals surface area contributed by atoms with Crippen molar-refractivity contribution in [1.29, 1.82) is 0 Å². The molecule has 1 aromatic carbocycles. The van der Waals surface area contributed by atoms with Crippen molar-refractivity contribution in [3.05, 3.63) is 42.0 Å². The zero-order valence-electron chi connectivity index (χ0n) is 16.4. The molecule has 146 valence electrons. The SMILES string of the molecule is CC(=O)N(CCC1=CCCCC1)CC(=O)N1CCN(c2ccccc2)CC1. The van der Waals surface area contributed by atoms with Crippen molar-refractivity contribution in [3.8, 4) is 0 Å². The number of carbonyl (C=O) groups is 2. The van der Waals surface area contributed by atoms with Crippen molar-refractivity contribution >= 4 is 17.5 Å². The first-order valence-electron chi connectivity index (χ1n) is 10.1. The third kappa shape index (κ3) is 5.59. The molecule has 1 aliphatic carbocycles. The highest BCUT2D eigenvalue weighted by molar-refractivity contribution is 5.84. The summed E-state index contributed by atoms with van der Waals surface area (Å²) in [4.78, 5) is 30.6. The smallest absolute Gasteiger partial charge is 0.242 e. The maximum atomic E-state index is 12.7. The Morgan fingerprint density at radius 2 is 1.78 bits per heavy atom. The van der Waals surface area contributed by atoms with Crippen LogP contribution in [-0.2, 0) is 9.59 Å². The Kier molecular flexibility index (Phi) is 6.91. The molecular formula is C22H31N3O2. The molecule has 0 saturated carbocycles. The van der Waals surface area contributed by atoms with Crippen LogP contribution in [0.5, 0.6) is 0 Å². The molecule has 27 heavy (non-hydrogen) atoms. The molecule has 0 atom stereocenters. The van der Waals surface area contributed by atoms with Gasteiger partial charge in [0, 0.05) is 45.3 Å². The Hall–Kier alpha value is -2.30. The Labute approximate surface area is 162 Å². The van der Waals surface area contributed by atoms with Gasteiger partial charge in [0.2, 0.25) is 11.8 Å². The van der Waals surface area contributed by atoms with Crippen LogP contribution in [0, 0.1) is 0 Å². The fraction of sp³-hybridized carbons (Fsp3) is 0.545. The van der Waals surface area contributed by atoms with Crippen LogP contribution in [0.15, 0.2) is 42.0 Å². The van der Waals surface area contributed by atoms with E-state index in [0.717, 1.165) is 32.4 Å². The first-order chi connectivity index (χ1) is 13.1. The number of nitrogens with zero attached hydrogens (tertiary/aromatic N) is 3. The Morgan fingerprint density at radius 1 is 1.04 bits per heavy atom. The molecule has 0 spiro atoms. The van der Waals surface area contributed by atoms with Crippen molar-refractivity contribution < 1.29 is 9.59 Å². The van der Waals surface area contributed by atoms with Gasteiger partial charge in [0.05, 0.1) is 6.54 Å². The second-order valence-corrected chi connectivity index (χ2v) is 7.50. The lowest BCUT2D eigenvalue weighted by Crippen LogP contribution is -2.51. The minimum Gasteiger partial charge on any atom is -0.368 e. The molecule has 0 radical (unpaired) electrons. The maximum Gasteiger partial charge on any atom is 0.242 e. The van der Waals surface area contributed by atoms with Gasteiger partial charge in [-0.2, -0.15) is 0 Å². The molecule has 3 rings (SSSR count). The quantitative estimate of drug-likeness (QED) is 0.724. The van der Waals surface area contributed by atoms with Crippen LogP contribution in [0.3, 0.4) is 0 Å². The number of hydrogen-bond acceptors (Lipinski definition) is 3. The molecule has 1 aliphatic heterocycles. The summed E-state index contributed by atoms with van der Waals surface area (Å²) >= 11 is 0. The number of para-hydroxylation sites is 1. The number of rotatable bonds is 6. The van der Waals surface area contributed by atoms with Crippen molar-refractivity contribution in [2.24, 2.45) is 0 Å². The molecule has 1 saturated heterocycles. The normalized spacial score (nSPS) is 17.4. The van der Waals surface area contributed by atoms with Crippen LogP contribution in [0.4, 0.5) is 5.69 Å². The fourth-order valence-electron chi connectivity index (χ4n) is 3.87. The van der Waals surface area contributed by atoms with E-state index in [1.807, 2.05) is 23.1 Å². The summed E-state index contributed by atoms with van der Waals surface area (Å²) < 4.78 is 0. The first kappa shape index (κ1) is 19.5. The van der Waals surface area contributed by atoms with E-state index in [9.17, 15) is 9.59 Å². The third-order valence-electron chi connectivity index (χ3n) is 5.61. The number of benzene rings is 1. The number of hydrogen-bond donors (Lipinski definition) is 0. The molecule has 1 fully saturated rings. The molecule has 0 bridgehead atoms. The molecule has 1 heterocycles. The molecular weight excluding hydrogens is 338 g/mol. The third-order valence-corrected chi connectivity index (χ3v) is 5.61. The molecule has 5 heteroatoms. The molecule has 0 aromatic heterocycles. The monoisotopic (exact) mass is 369 g/mol. The van der Waals surface area contributed by atoms with E-state index in [-0.39, 0.29) is 18.4 Å². The number of amides is 2. The first-order valence-corrected chi connectivity index (χ1v) is 10.1. The number of carbonyl (C=O) groups excluding carboxylic acids is 2. The van der Waals surface area contributed by atoms with Crippen molar-refractivity contribution in [3.63, 3.8) is 0 Å². The van der Waals surface area contributed by atoms with Crippen LogP contribution in [0.1, 0.15) is 39.0 Å². The number of anilines is 1. The van der Waals surface area contributed by atoms with Gasteiger partial charge < -0.3 is 14.7 Å². The van der Waals surface area contributed by atoms with E-state index in [4.69, 9.17) is 0 Å². The van der Waals surface area contributed by atoms with Gasteiger partial charge in [-0.15, -0.1) is 0 Å². The van der Waals surface area contributed by atoms with E-state index >= 15 is 0 Å². The van der Waals surface area contributed by atoms with Gasteiger partial charge in [0.25, 0.3) is 0 Å². The highest BCUT2D eigenvalue weighted by atomic mass is 16.2. The van der Waals surface area contributed by atoms with Crippen LogP contribution in [0.25, 0.3) is 0 Å². The maximum absolute atomic E-state index is 12.7.